The van der Waals surface area contributed by atoms with Crippen molar-refractivity contribution in [2.75, 3.05) is 43.4 Å². The first-order valence-corrected chi connectivity index (χ1v) is 11.8. The number of aromatic nitrogens is 1. The van der Waals surface area contributed by atoms with Crippen LogP contribution in [0.2, 0.25) is 0 Å². The van der Waals surface area contributed by atoms with Crippen LogP contribution < -0.4 is 10.2 Å². The van der Waals surface area contributed by atoms with E-state index in [1.165, 1.54) is 28.6 Å². The fourth-order valence-electron chi connectivity index (χ4n) is 3.07. The van der Waals surface area contributed by atoms with Gasteiger partial charge in [0.25, 0.3) is 5.91 Å². The summed E-state index contributed by atoms with van der Waals surface area (Å²) in [5.74, 6) is -0.00478. The Morgan fingerprint density at radius 2 is 1.74 bits per heavy atom. The maximum Gasteiger partial charge on any atom is 0.446 e. The van der Waals surface area contributed by atoms with Crippen LogP contribution >= 0.6 is 11.8 Å². The molecular weight excluding hydrogens is 453 g/mol. The summed E-state index contributed by atoms with van der Waals surface area (Å²) in [6, 6.07) is 10.5. The zero-order valence-corrected chi connectivity index (χ0v) is 18.0. The number of anilines is 1. The summed E-state index contributed by atoms with van der Waals surface area (Å²) in [5.41, 5.74) is -4.24. The number of pyridine rings is 1. The molecule has 168 valence electrons. The van der Waals surface area contributed by atoms with Gasteiger partial charge in [0.15, 0.2) is 0 Å². The number of benzene rings is 1. The summed E-state index contributed by atoms with van der Waals surface area (Å²) >= 11 is -0.267. The highest BCUT2D eigenvalue weighted by molar-refractivity contribution is 8.00. The molecular formula is C19H21F3N4O3S2. The Morgan fingerprint density at radius 1 is 1.06 bits per heavy atom. The van der Waals surface area contributed by atoms with E-state index in [-0.39, 0.29) is 34.5 Å². The second-order valence-corrected chi connectivity index (χ2v) is 9.95. The van der Waals surface area contributed by atoms with Gasteiger partial charge in [0.2, 0.25) is 10.0 Å². The van der Waals surface area contributed by atoms with Crippen molar-refractivity contribution in [2.24, 2.45) is 0 Å². The van der Waals surface area contributed by atoms with Crippen LogP contribution in [0.3, 0.4) is 0 Å². The Hall–Kier alpha value is -2.31. The van der Waals surface area contributed by atoms with Crippen LogP contribution in [-0.4, -0.2) is 67.6 Å². The number of nitrogens with zero attached hydrogens (tertiary/aromatic N) is 3. The fraction of sp³-hybridized carbons (Fsp3) is 0.368. The predicted molar refractivity (Wildman–Crippen MR) is 112 cm³/mol. The molecule has 0 radical (unpaired) electrons. The number of piperazine rings is 1. The largest absolute Gasteiger partial charge is 0.446 e. The van der Waals surface area contributed by atoms with Crippen LogP contribution in [0.25, 0.3) is 0 Å². The normalized spacial score (nSPS) is 15.6. The Labute approximate surface area is 182 Å². The lowest BCUT2D eigenvalue weighted by atomic mass is 10.2. The minimum Gasteiger partial charge on any atom is -0.354 e. The standard InChI is InChI=1S/C19H21F3N4O3S2/c20-19(21,22)30-16-6-4-15(5-7-16)18(27)24-9-14-31(28,29)26-12-10-25(11-13-26)17-3-1-2-8-23-17/h1-8H,9-14H2,(H,24,27). The molecule has 31 heavy (non-hydrogen) atoms. The molecule has 1 fully saturated rings. The van der Waals surface area contributed by atoms with Crippen molar-refractivity contribution in [1.29, 1.82) is 0 Å². The van der Waals surface area contributed by atoms with Gasteiger partial charge >= 0.3 is 5.51 Å². The topological polar surface area (TPSA) is 82.6 Å². The van der Waals surface area contributed by atoms with Crippen molar-refractivity contribution in [3.8, 4) is 0 Å². The number of sulfonamides is 1. The fourth-order valence-corrected chi connectivity index (χ4v) is 4.95. The molecule has 2 aromatic rings. The zero-order chi connectivity index (χ0) is 22.5. The van der Waals surface area contributed by atoms with E-state index >= 15 is 0 Å². The molecule has 0 bridgehead atoms. The highest BCUT2D eigenvalue weighted by Gasteiger charge is 2.29. The Balaban J connectivity index is 1.46. The van der Waals surface area contributed by atoms with Gasteiger partial charge in [-0.2, -0.15) is 17.5 Å². The lowest BCUT2D eigenvalue weighted by Crippen LogP contribution is -2.50. The SMILES string of the molecule is O=C(NCCS(=O)(=O)N1CCN(c2ccccn2)CC1)c1ccc(SC(F)(F)F)cc1. The van der Waals surface area contributed by atoms with Gasteiger partial charge in [-0.05, 0) is 48.2 Å². The van der Waals surface area contributed by atoms with Crippen LogP contribution in [0.4, 0.5) is 19.0 Å². The second kappa shape index (κ2) is 9.88. The lowest BCUT2D eigenvalue weighted by molar-refractivity contribution is -0.0328. The number of carbonyl (C=O) groups is 1. The third kappa shape index (κ3) is 6.84. The van der Waals surface area contributed by atoms with Crippen molar-refractivity contribution in [3.63, 3.8) is 0 Å². The summed E-state index contributed by atoms with van der Waals surface area (Å²) in [6.45, 7) is 1.59. The third-order valence-corrected chi connectivity index (χ3v) is 7.21. The van der Waals surface area contributed by atoms with Crippen LogP contribution in [0.1, 0.15) is 10.4 Å². The van der Waals surface area contributed by atoms with Crippen LogP contribution in [0.5, 0.6) is 0 Å². The molecule has 0 aliphatic carbocycles. The van der Waals surface area contributed by atoms with E-state index in [0.29, 0.717) is 26.2 Å². The molecule has 0 spiro atoms. The van der Waals surface area contributed by atoms with E-state index in [1.54, 1.807) is 6.20 Å². The number of nitrogens with one attached hydrogen (secondary N) is 1. The zero-order valence-electron chi connectivity index (χ0n) is 16.4. The van der Waals surface area contributed by atoms with Gasteiger partial charge in [-0.15, -0.1) is 0 Å². The first-order valence-electron chi connectivity index (χ1n) is 9.42. The van der Waals surface area contributed by atoms with Crippen molar-refractivity contribution in [2.45, 2.75) is 10.4 Å². The summed E-state index contributed by atoms with van der Waals surface area (Å²) in [4.78, 5) is 18.4. The van der Waals surface area contributed by atoms with Crippen molar-refractivity contribution < 1.29 is 26.4 Å². The van der Waals surface area contributed by atoms with Gasteiger partial charge in [-0.25, -0.2) is 13.4 Å². The molecule has 7 nitrogen and oxygen atoms in total. The van der Waals surface area contributed by atoms with Gasteiger partial charge in [-0.1, -0.05) is 6.07 Å². The van der Waals surface area contributed by atoms with E-state index < -0.39 is 21.4 Å². The number of carbonyl (C=O) groups excluding carboxylic acids is 1. The Kier molecular flexibility index (Phi) is 7.44. The number of thioether (sulfide) groups is 1. The predicted octanol–water partition coefficient (Wildman–Crippen LogP) is 2.58. The van der Waals surface area contributed by atoms with Gasteiger partial charge in [0.1, 0.15) is 5.82 Å². The van der Waals surface area contributed by atoms with E-state index in [9.17, 15) is 26.4 Å². The van der Waals surface area contributed by atoms with E-state index in [4.69, 9.17) is 0 Å². The highest BCUT2D eigenvalue weighted by Crippen LogP contribution is 2.36. The monoisotopic (exact) mass is 474 g/mol. The number of halogens is 3. The number of hydrogen-bond acceptors (Lipinski definition) is 6. The van der Waals surface area contributed by atoms with Crippen molar-refractivity contribution >= 4 is 33.5 Å². The van der Waals surface area contributed by atoms with Gasteiger partial charge in [0, 0.05) is 49.4 Å². The van der Waals surface area contributed by atoms with Crippen molar-refractivity contribution in [3.05, 3.63) is 54.2 Å². The molecule has 2 heterocycles. The molecule has 0 atom stereocenters. The minimum atomic E-state index is -4.40. The summed E-state index contributed by atoms with van der Waals surface area (Å²) < 4.78 is 63.6. The smallest absolute Gasteiger partial charge is 0.354 e. The quantitative estimate of drug-likeness (QED) is 0.622. The van der Waals surface area contributed by atoms with Gasteiger partial charge < -0.3 is 10.2 Å². The van der Waals surface area contributed by atoms with Crippen LogP contribution in [0, 0.1) is 0 Å². The van der Waals surface area contributed by atoms with Gasteiger partial charge in [-0.3, -0.25) is 4.79 Å². The van der Waals surface area contributed by atoms with Crippen LogP contribution in [-0.2, 0) is 10.0 Å². The molecule has 0 saturated carbocycles. The Bertz CT molecular complexity index is 979. The molecule has 1 aromatic heterocycles. The number of amides is 1. The van der Waals surface area contributed by atoms with E-state index in [0.717, 1.165) is 5.82 Å². The van der Waals surface area contributed by atoms with E-state index in [2.05, 4.69) is 10.3 Å². The first kappa shape index (κ1) is 23.4. The molecule has 1 aliphatic heterocycles. The molecule has 3 rings (SSSR count). The molecule has 1 saturated heterocycles. The summed E-state index contributed by atoms with van der Waals surface area (Å²) in [6.07, 6.45) is 1.68. The molecule has 0 unspecified atom stereocenters. The summed E-state index contributed by atoms with van der Waals surface area (Å²) in [5, 5.41) is 2.50. The molecule has 1 N–H and O–H groups in total. The average molecular weight is 475 g/mol. The maximum absolute atomic E-state index is 12.6. The summed E-state index contributed by atoms with van der Waals surface area (Å²) in [7, 11) is -3.55. The van der Waals surface area contributed by atoms with Crippen molar-refractivity contribution in [1.82, 2.24) is 14.6 Å². The highest BCUT2D eigenvalue weighted by atomic mass is 32.2. The Morgan fingerprint density at radius 3 is 2.32 bits per heavy atom. The molecule has 12 heteroatoms. The average Bonchev–Trinajstić information content (AvgIpc) is 2.74. The minimum absolute atomic E-state index is 0.0310. The lowest BCUT2D eigenvalue weighted by Gasteiger charge is -2.34. The number of alkyl halides is 3. The number of rotatable bonds is 7. The molecule has 1 amide bonds. The van der Waals surface area contributed by atoms with Gasteiger partial charge in [0.05, 0.1) is 5.75 Å². The molecule has 1 aliphatic rings. The third-order valence-electron chi connectivity index (χ3n) is 4.60. The maximum atomic E-state index is 12.6. The molecule has 1 aromatic carbocycles. The van der Waals surface area contributed by atoms with E-state index in [1.807, 2.05) is 23.1 Å². The second-order valence-electron chi connectivity index (χ2n) is 6.72. The number of hydrogen-bond donors (Lipinski definition) is 1. The first-order chi connectivity index (χ1) is 14.6. The van der Waals surface area contributed by atoms with Crippen LogP contribution in [0.15, 0.2) is 53.6 Å².